The van der Waals surface area contributed by atoms with Gasteiger partial charge >= 0.3 is 0 Å². The van der Waals surface area contributed by atoms with Crippen molar-refractivity contribution in [2.45, 2.75) is 12.6 Å². The van der Waals surface area contributed by atoms with E-state index < -0.39 is 5.66 Å². The molecule has 0 saturated heterocycles. The molecule has 5 nitrogen and oxygen atoms in total. The molecular weight excluding hydrogens is 226 g/mol. The number of hydrogen-bond donors (Lipinski definition) is 4. The molecule has 0 radical (unpaired) electrons. The molecule has 0 amide bonds. The number of rotatable bonds is 1. The summed E-state index contributed by atoms with van der Waals surface area (Å²) in [4.78, 5) is 0. The molecule has 3 rings (SSSR count). The number of aromatic amines is 1. The van der Waals surface area contributed by atoms with Gasteiger partial charge in [-0.05, 0) is 48.5 Å². The molecule has 0 bridgehead atoms. The third-order valence-corrected chi connectivity index (χ3v) is 3.34. The number of allylic oxidation sites excluding steroid dienone is 2. The van der Waals surface area contributed by atoms with Crippen LogP contribution in [0.5, 0.6) is 0 Å². The minimum absolute atomic E-state index is 0.590. The Morgan fingerprint density at radius 2 is 2.17 bits per heavy atom. The SMILES string of the molecule is Cc1cc(C2(N)NC=CC=C2N)cc2cn[nH]c12. The largest absolute Gasteiger partial charge is 0.399 e. The fraction of sp³-hybridized carbons (Fsp3) is 0.154. The maximum Gasteiger partial charge on any atom is 0.153 e. The molecule has 1 unspecified atom stereocenters. The average Bonchev–Trinajstić information content (AvgIpc) is 2.82. The highest BCUT2D eigenvalue weighted by atomic mass is 15.1. The predicted molar refractivity (Wildman–Crippen MR) is 71.2 cm³/mol. The molecule has 0 aliphatic carbocycles. The van der Waals surface area contributed by atoms with Gasteiger partial charge in [-0.25, -0.2) is 0 Å². The number of fused-ring (bicyclic) bond motifs is 1. The van der Waals surface area contributed by atoms with Gasteiger partial charge in [-0.1, -0.05) is 0 Å². The fourth-order valence-electron chi connectivity index (χ4n) is 2.26. The number of nitrogens with one attached hydrogen (secondary N) is 2. The Morgan fingerprint density at radius 1 is 1.33 bits per heavy atom. The lowest BCUT2D eigenvalue weighted by Crippen LogP contribution is -2.53. The van der Waals surface area contributed by atoms with Gasteiger partial charge in [0, 0.05) is 5.39 Å². The molecule has 5 heteroatoms. The first-order chi connectivity index (χ1) is 8.61. The van der Waals surface area contributed by atoms with E-state index in [1.54, 1.807) is 12.4 Å². The zero-order valence-corrected chi connectivity index (χ0v) is 10.1. The van der Waals surface area contributed by atoms with Crippen LogP contribution in [-0.4, -0.2) is 10.2 Å². The van der Waals surface area contributed by atoms with Crippen molar-refractivity contribution in [1.82, 2.24) is 15.5 Å². The number of benzene rings is 1. The summed E-state index contributed by atoms with van der Waals surface area (Å²) in [5, 5.41) is 11.2. The summed E-state index contributed by atoms with van der Waals surface area (Å²) in [5.74, 6) is 0. The molecule has 92 valence electrons. The van der Waals surface area contributed by atoms with Crippen molar-refractivity contribution in [3.05, 3.63) is 53.5 Å². The van der Waals surface area contributed by atoms with E-state index in [1.807, 2.05) is 31.2 Å². The van der Waals surface area contributed by atoms with Gasteiger partial charge in [0.1, 0.15) is 0 Å². The Hall–Kier alpha value is -2.27. The molecular formula is C13H15N5. The first-order valence-electron chi connectivity index (χ1n) is 5.75. The van der Waals surface area contributed by atoms with Crippen LogP contribution in [0.2, 0.25) is 0 Å². The summed E-state index contributed by atoms with van der Waals surface area (Å²) in [5.41, 5.74) is 15.2. The number of H-pyrrole nitrogens is 1. The number of dihydropyridines is 1. The van der Waals surface area contributed by atoms with Crippen molar-refractivity contribution in [2.24, 2.45) is 11.5 Å². The average molecular weight is 241 g/mol. The summed E-state index contributed by atoms with van der Waals surface area (Å²) in [6.07, 6.45) is 7.23. The molecule has 1 aromatic carbocycles. The molecule has 0 saturated carbocycles. The van der Waals surface area contributed by atoms with Gasteiger partial charge < -0.3 is 11.1 Å². The second-order valence-electron chi connectivity index (χ2n) is 4.56. The van der Waals surface area contributed by atoms with Crippen LogP contribution in [0, 0.1) is 6.92 Å². The molecule has 2 heterocycles. The van der Waals surface area contributed by atoms with E-state index >= 15 is 0 Å². The third-order valence-electron chi connectivity index (χ3n) is 3.34. The van der Waals surface area contributed by atoms with Crippen LogP contribution in [-0.2, 0) is 5.66 Å². The second-order valence-corrected chi connectivity index (χ2v) is 4.56. The van der Waals surface area contributed by atoms with Gasteiger partial charge in [0.15, 0.2) is 5.66 Å². The van der Waals surface area contributed by atoms with Crippen molar-refractivity contribution in [2.75, 3.05) is 0 Å². The zero-order valence-electron chi connectivity index (χ0n) is 10.1. The summed E-state index contributed by atoms with van der Waals surface area (Å²) >= 11 is 0. The minimum atomic E-state index is -0.856. The molecule has 1 aliphatic heterocycles. The van der Waals surface area contributed by atoms with Crippen LogP contribution in [0.3, 0.4) is 0 Å². The van der Waals surface area contributed by atoms with Crippen LogP contribution in [0.25, 0.3) is 10.9 Å². The summed E-state index contributed by atoms with van der Waals surface area (Å²) in [6.45, 7) is 2.02. The molecule has 0 spiro atoms. The van der Waals surface area contributed by atoms with Crippen molar-refractivity contribution in [1.29, 1.82) is 0 Å². The number of hydrogen-bond acceptors (Lipinski definition) is 4. The fourth-order valence-corrected chi connectivity index (χ4v) is 2.26. The topological polar surface area (TPSA) is 92.8 Å². The van der Waals surface area contributed by atoms with Gasteiger partial charge in [0.2, 0.25) is 0 Å². The highest BCUT2D eigenvalue weighted by molar-refractivity contribution is 5.82. The second kappa shape index (κ2) is 3.61. The van der Waals surface area contributed by atoms with Crippen LogP contribution in [0.15, 0.2) is 42.4 Å². The molecule has 1 aliphatic rings. The molecule has 1 aromatic heterocycles. The van der Waals surface area contributed by atoms with E-state index in [0.717, 1.165) is 22.0 Å². The molecule has 0 fully saturated rings. The molecule has 18 heavy (non-hydrogen) atoms. The van der Waals surface area contributed by atoms with E-state index in [0.29, 0.717) is 5.70 Å². The maximum absolute atomic E-state index is 6.37. The van der Waals surface area contributed by atoms with E-state index in [-0.39, 0.29) is 0 Å². The van der Waals surface area contributed by atoms with Gasteiger partial charge in [0.25, 0.3) is 0 Å². The Kier molecular flexibility index (Phi) is 2.18. The summed E-state index contributed by atoms with van der Waals surface area (Å²) < 4.78 is 0. The normalized spacial score (nSPS) is 22.9. The third kappa shape index (κ3) is 1.41. The summed E-state index contributed by atoms with van der Waals surface area (Å²) in [6, 6.07) is 4.02. The number of nitrogens with two attached hydrogens (primary N) is 2. The summed E-state index contributed by atoms with van der Waals surface area (Å²) in [7, 11) is 0. The quantitative estimate of drug-likeness (QED) is 0.598. The van der Waals surface area contributed by atoms with E-state index in [9.17, 15) is 0 Å². The maximum atomic E-state index is 6.37. The smallest absolute Gasteiger partial charge is 0.153 e. The minimum Gasteiger partial charge on any atom is -0.399 e. The van der Waals surface area contributed by atoms with Gasteiger partial charge in [-0.15, -0.1) is 0 Å². The first kappa shape index (κ1) is 10.9. The predicted octanol–water partition coefficient (Wildman–Crippen LogP) is 0.942. The monoisotopic (exact) mass is 241 g/mol. The van der Waals surface area contributed by atoms with E-state index in [2.05, 4.69) is 15.5 Å². The van der Waals surface area contributed by atoms with Crippen molar-refractivity contribution in [3.8, 4) is 0 Å². The van der Waals surface area contributed by atoms with E-state index in [1.165, 1.54) is 0 Å². The van der Waals surface area contributed by atoms with Crippen molar-refractivity contribution >= 4 is 10.9 Å². The zero-order chi connectivity index (χ0) is 12.8. The first-order valence-corrected chi connectivity index (χ1v) is 5.75. The highest BCUT2D eigenvalue weighted by Crippen LogP contribution is 2.28. The number of aryl methyl sites for hydroxylation is 1. The lowest BCUT2D eigenvalue weighted by molar-refractivity contribution is 0.457. The number of nitrogens with zero attached hydrogens (tertiary/aromatic N) is 1. The van der Waals surface area contributed by atoms with Crippen molar-refractivity contribution in [3.63, 3.8) is 0 Å². The Bertz CT molecular complexity index is 667. The Labute approximate surface area is 105 Å². The van der Waals surface area contributed by atoms with Gasteiger partial charge in [0.05, 0.1) is 17.4 Å². The van der Waals surface area contributed by atoms with Crippen LogP contribution >= 0.6 is 0 Å². The standard InChI is InChI=1S/C13H15N5/c1-8-5-10(6-9-7-17-18-12(8)9)13(15)11(14)3-2-4-16-13/h2-7,16H,14-15H2,1H3,(H,17,18). The Balaban J connectivity index is 2.20. The molecule has 6 N–H and O–H groups in total. The highest BCUT2D eigenvalue weighted by Gasteiger charge is 2.31. The van der Waals surface area contributed by atoms with Crippen LogP contribution in [0.1, 0.15) is 11.1 Å². The number of aromatic nitrogens is 2. The Morgan fingerprint density at radius 3 is 2.94 bits per heavy atom. The van der Waals surface area contributed by atoms with Gasteiger partial charge in [-0.3, -0.25) is 10.8 Å². The molecule has 1 atom stereocenters. The van der Waals surface area contributed by atoms with Crippen LogP contribution < -0.4 is 16.8 Å². The molecule has 2 aromatic rings. The van der Waals surface area contributed by atoms with Crippen LogP contribution in [0.4, 0.5) is 0 Å². The lowest BCUT2D eigenvalue weighted by Gasteiger charge is -2.33. The van der Waals surface area contributed by atoms with Crippen molar-refractivity contribution < 1.29 is 0 Å². The van der Waals surface area contributed by atoms with Gasteiger partial charge in [-0.2, -0.15) is 5.10 Å². The lowest BCUT2D eigenvalue weighted by atomic mass is 9.92. The van der Waals surface area contributed by atoms with E-state index in [4.69, 9.17) is 11.5 Å².